The van der Waals surface area contributed by atoms with Crippen LogP contribution in [0.25, 0.3) is 0 Å². The van der Waals surface area contributed by atoms with Gasteiger partial charge in [-0.05, 0) is 24.3 Å². The number of hydrogen-bond donors (Lipinski definition) is 2. The standard InChI is InChI=1S/2C6H6ClNO/c2*7-4-6(9)5-2-1-3-8-5/h2*1-3,8H,4H2. The SMILES string of the molecule is O=C(CCl)c1ccc[nH]1.O=C(CCl)c1ccc[nH]1. The third kappa shape index (κ3) is 4.39. The predicted molar refractivity (Wildman–Crippen MR) is 71.7 cm³/mol. The second kappa shape index (κ2) is 7.74. The van der Waals surface area contributed by atoms with Crippen LogP contribution in [0.1, 0.15) is 21.0 Å². The van der Waals surface area contributed by atoms with Gasteiger partial charge in [-0.3, -0.25) is 9.59 Å². The number of rotatable bonds is 4. The summed E-state index contributed by atoms with van der Waals surface area (Å²) in [5, 5.41) is 0. The topological polar surface area (TPSA) is 65.7 Å². The van der Waals surface area contributed by atoms with Crippen LogP contribution < -0.4 is 0 Å². The van der Waals surface area contributed by atoms with Crippen LogP contribution in [0.2, 0.25) is 0 Å². The molecule has 0 radical (unpaired) electrons. The van der Waals surface area contributed by atoms with Gasteiger partial charge >= 0.3 is 0 Å². The van der Waals surface area contributed by atoms with Gasteiger partial charge in [-0.15, -0.1) is 23.2 Å². The summed E-state index contributed by atoms with van der Waals surface area (Å²) in [5.41, 5.74) is 1.15. The minimum Gasteiger partial charge on any atom is -0.359 e. The van der Waals surface area contributed by atoms with Gasteiger partial charge in [0.2, 0.25) is 0 Å². The molecule has 6 heteroatoms. The highest BCUT2D eigenvalue weighted by Gasteiger charge is 2.02. The van der Waals surface area contributed by atoms with Crippen LogP contribution in [-0.2, 0) is 0 Å². The van der Waals surface area contributed by atoms with Gasteiger partial charge in [0.1, 0.15) is 0 Å². The first-order valence-corrected chi connectivity index (χ1v) is 6.21. The number of nitrogens with one attached hydrogen (secondary N) is 2. The highest BCUT2D eigenvalue weighted by atomic mass is 35.5. The number of hydrogen-bond acceptors (Lipinski definition) is 2. The number of aromatic amines is 2. The van der Waals surface area contributed by atoms with Crippen molar-refractivity contribution in [1.82, 2.24) is 9.97 Å². The highest BCUT2D eigenvalue weighted by Crippen LogP contribution is 1.97. The molecule has 0 aromatic carbocycles. The summed E-state index contributed by atoms with van der Waals surface area (Å²) in [6.45, 7) is 0. The Bertz CT molecular complexity index is 432. The van der Waals surface area contributed by atoms with Crippen molar-refractivity contribution < 1.29 is 9.59 Å². The van der Waals surface area contributed by atoms with E-state index in [1.54, 1.807) is 36.7 Å². The zero-order chi connectivity index (χ0) is 13.4. The summed E-state index contributed by atoms with van der Waals surface area (Å²) in [4.78, 5) is 26.9. The van der Waals surface area contributed by atoms with Gasteiger partial charge in [0.15, 0.2) is 11.6 Å². The zero-order valence-corrected chi connectivity index (χ0v) is 11.0. The Morgan fingerprint density at radius 3 is 1.50 bits per heavy atom. The Morgan fingerprint density at radius 2 is 1.28 bits per heavy atom. The number of ketones is 2. The Hall–Kier alpha value is -1.52. The van der Waals surface area contributed by atoms with Crippen molar-refractivity contribution in [1.29, 1.82) is 0 Å². The molecule has 0 aliphatic carbocycles. The molecule has 0 saturated heterocycles. The van der Waals surface area contributed by atoms with Crippen molar-refractivity contribution in [3.05, 3.63) is 48.0 Å². The summed E-state index contributed by atoms with van der Waals surface area (Å²) in [7, 11) is 0. The van der Waals surface area contributed by atoms with Crippen molar-refractivity contribution in [2.75, 3.05) is 11.8 Å². The molecule has 0 bridgehead atoms. The third-order valence-corrected chi connectivity index (χ3v) is 2.52. The molecule has 18 heavy (non-hydrogen) atoms. The molecule has 2 aromatic rings. The molecule has 2 aromatic heterocycles. The number of carbonyl (C=O) groups is 2. The van der Waals surface area contributed by atoms with Gasteiger partial charge in [-0.1, -0.05) is 0 Å². The Labute approximate surface area is 114 Å². The number of H-pyrrole nitrogens is 2. The average Bonchev–Trinajstić information content (AvgIpc) is 3.09. The minimum atomic E-state index is -0.0679. The normalized spacial score (nSPS) is 9.44. The summed E-state index contributed by atoms with van der Waals surface area (Å²) in [6.07, 6.45) is 3.39. The van der Waals surface area contributed by atoms with Crippen LogP contribution in [0.5, 0.6) is 0 Å². The van der Waals surface area contributed by atoms with Gasteiger partial charge < -0.3 is 9.97 Å². The van der Waals surface area contributed by atoms with Crippen molar-refractivity contribution >= 4 is 34.8 Å². The van der Waals surface area contributed by atoms with E-state index in [0.29, 0.717) is 11.4 Å². The number of carbonyl (C=O) groups excluding carboxylic acids is 2. The molecule has 0 fully saturated rings. The van der Waals surface area contributed by atoms with E-state index >= 15 is 0 Å². The Morgan fingerprint density at radius 1 is 0.889 bits per heavy atom. The van der Waals surface area contributed by atoms with E-state index in [2.05, 4.69) is 9.97 Å². The van der Waals surface area contributed by atoms with Crippen molar-refractivity contribution in [3.8, 4) is 0 Å². The lowest BCUT2D eigenvalue weighted by Crippen LogP contribution is -1.99. The van der Waals surface area contributed by atoms with Crippen molar-refractivity contribution in [2.45, 2.75) is 0 Å². The molecule has 0 atom stereocenters. The second-order valence-electron chi connectivity index (χ2n) is 3.28. The van der Waals surface area contributed by atoms with Gasteiger partial charge in [-0.25, -0.2) is 0 Å². The molecule has 0 saturated carbocycles. The summed E-state index contributed by atoms with van der Waals surface area (Å²) < 4.78 is 0. The van der Waals surface area contributed by atoms with Gasteiger partial charge in [0.25, 0.3) is 0 Å². The molecule has 2 N–H and O–H groups in total. The molecule has 2 rings (SSSR count). The molecular formula is C12H12Cl2N2O2. The van der Waals surface area contributed by atoms with Crippen molar-refractivity contribution in [2.24, 2.45) is 0 Å². The number of Topliss-reactive ketones (excluding diaryl/α,β-unsaturated/α-hetero) is 2. The molecule has 0 amide bonds. The Kier molecular flexibility index (Phi) is 6.25. The molecular weight excluding hydrogens is 275 g/mol. The minimum absolute atomic E-state index is 0.0422. The maximum absolute atomic E-state index is 10.7. The van der Waals surface area contributed by atoms with Crippen LogP contribution in [0.15, 0.2) is 36.7 Å². The maximum atomic E-state index is 10.7. The lowest BCUT2D eigenvalue weighted by atomic mass is 10.3. The first-order chi connectivity index (χ1) is 8.69. The largest absolute Gasteiger partial charge is 0.359 e. The summed E-state index contributed by atoms with van der Waals surface area (Å²) >= 11 is 10.5. The quantitative estimate of drug-likeness (QED) is 0.670. The fourth-order valence-corrected chi connectivity index (χ4v) is 1.44. The predicted octanol–water partition coefficient (Wildman–Crippen LogP) is 2.87. The summed E-state index contributed by atoms with van der Waals surface area (Å²) in [5.74, 6) is -0.0515. The van der Waals surface area contributed by atoms with Crippen LogP contribution >= 0.6 is 23.2 Å². The van der Waals surface area contributed by atoms with E-state index in [4.69, 9.17) is 23.2 Å². The van der Waals surface area contributed by atoms with E-state index < -0.39 is 0 Å². The van der Waals surface area contributed by atoms with Crippen LogP contribution in [0, 0.1) is 0 Å². The third-order valence-electron chi connectivity index (χ3n) is 2.04. The molecule has 0 unspecified atom stereocenters. The van der Waals surface area contributed by atoms with Gasteiger partial charge in [0, 0.05) is 12.4 Å². The smallest absolute Gasteiger partial charge is 0.193 e. The van der Waals surface area contributed by atoms with E-state index in [1.807, 2.05) is 0 Å². The lowest BCUT2D eigenvalue weighted by molar-refractivity contribution is 0.100. The van der Waals surface area contributed by atoms with E-state index in [0.717, 1.165) is 0 Å². The highest BCUT2D eigenvalue weighted by molar-refractivity contribution is 6.30. The average molecular weight is 287 g/mol. The van der Waals surface area contributed by atoms with Gasteiger partial charge in [-0.2, -0.15) is 0 Å². The Balaban J connectivity index is 0.000000180. The van der Waals surface area contributed by atoms with E-state index in [9.17, 15) is 9.59 Å². The second-order valence-corrected chi connectivity index (χ2v) is 3.82. The first-order valence-electron chi connectivity index (χ1n) is 5.14. The number of alkyl halides is 2. The number of aromatic nitrogens is 2. The number of halogens is 2. The fraction of sp³-hybridized carbons (Fsp3) is 0.167. The molecule has 0 aliphatic rings. The van der Waals surface area contributed by atoms with E-state index in [1.165, 1.54) is 0 Å². The van der Waals surface area contributed by atoms with Crippen LogP contribution in [0.4, 0.5) is 0 Å². The monoisotopic (exact) mass is 286 g/mol. The molecule has 0 spiro atoms. The van der Waals surface area contributed by atoms with Crippen molar-refractivity contribution in [3.63, 3.8) is 0 Å². The fourth-order valence-electron chi connectivity index (χ4n) is 1.15. The first kappa shape index (κ1) is 14.5. The maximum Gasteiger partial charge on any atom is 0.193 e. The molecule has 4 nitrogen and oxygen atoms in total. The van der Waals surface area contributed by atoms with Gasteiger partial charge in [0.05, 0.1) is 23.1 Å². The summed E-state index contributed by atoms with van der Waals surface area (Å²) in [6, 6.07) is 6.93. The van der Waals surface area contributed by atoms with E-state index in [-0.39, 0.29) is 23.3 Å². The molecule has 96 valence electrons. The molecule has 0 aliphatic heterocycles. The lowest BCUT2D eigenvalue weighted by Gasteiger charge is -1.86. The van der Waals surface area contributed by atoms with Crippen LogP contribution in [0.3, 0.4) is 0 Å². The molecule has 2 heterocycles. The van der Waals surface area contributed by atoms with Crippen LogP contribution in [-0.4, -0.2) is 33.3 Å². The zero-order valence-electron chi connectivity index (χ0n) is 9.45.